The molecule has 3 N–H and O–H groups in total. The van der Waals surface area contributed by atoms with Gasteiger partial charge in [0.2, 0.25) is 5.13 Å². The van der Waals surface area contributed by atoms with Crippen LogP contribution in [0.15, 0.2) is 22.6 Å². The van der Waals surface area contributed by atoms with Gasteiger partial charge in [-0.3, -0.25) is 5.43 Å². The Morgan fingerprint density at radius 1 is 1.50 bits per heavy atom. The molecule has 0 atom stereocenters. The van der Waals surface area contributed by atoms with Gasteiger partial charge in [0, 0.05) is 5.38 Å². The summed E-state index contributed by atoms with van der Waals surface area (Å²) in [6.45, 7) is 2.08. The Balaban J connectivity index is 2.20. The summed E-state index contributed by atoms with van der Waals surface area (Å²) < 4.78 is 32.1. The van der Waals surface area contributed by atoms with Crippen molar-refractivity contribution >= 4 is 28.5 Å². The van der Waals surface area contributed by atoms with Crippen LogP contribution < -0.4 is 15.9 Å². The number of anilines is 2. The van der Waals surface area contributed by atoms with Gasteiger partial charge in [-0.1, -0.05) is 0 Å². The van der Waals surface area contributed by atoms with Crippen LogP contribution in [0.2, 0.25) is 0 Å². The Bertz CT molecular complexity index is 630. The van der Waals surface area contributed by atoms with E-state index in [4.69, 9.17) is 10.5 Å². The van der Waals surface area contributed by atoms with Gasteiger partial charge in [-0.25, -0.2) is 13.8 Å². The van der Waals surface area contributed by atoms with E-state index in [1.165, 1.54) is 17.4 Å². The van der Waals surface area contributed by atoms with Gasteiger partial charge in [0.25, 0.3) is 0 Å². The molecular weight excluding hydrogens is 286 g/mol. The van der Waals surface area contributed by atoms with Crippen molar-refractivity contribution in [3.8, 4) is 5.75 Å². The van der Waals surface area contributed by atoms with Crippen molar-refractivity contribution in [1.29, 1.82) is 0 Å². The van der Waals surface area contributed by atoms with Gasteiger partial charge in [-0.2, -0.15) is 5.10 Å². The van der Waals surface area contributed by atoms with Crippen LogP contribution in [0.1, 0.15) is 12.5 Å². The third kappa shape index (κ3) is 3.21. The maximum absolute atomic E-state index is 13.7. The molecule has 0 aliphatic carbocycles. The van der Waals surface area contributed by atoms with Crippen LogP contribution in [0.4, 0.5) is 19.7 Å². The SMILES string of the molecule is CCOc1ccc(F)c(F)c1C=NNc1nc(N)cs1. The van der Waals surface area contributed by atoms with E-state index in [2.05, 4.69) is 15.5 Å². The quantitative estimate of drug-likeness (QED) is 0.657. The average molecular weight is 298 g/mol. The molecule has 1 heterocycles. The number of thiazole rings is 1. The fourth-order valence-electron chi connectivity index (χ4n) is 1.44. The Morgan fingerprint density at radius 2 is 2.30 bits per heavy atom. The molecule has 5 nitrogen and oxygen atoms in total. The Hall–Kier alpha value is -2.22. The van der Waals surface area contributed by atoms with Crippen LogP contribution in [0, 0.1) is 11.6 Å². The number of benzene rings is 1. The molecule has 106 valence electrons. The zero-order valence-corrected chi connectivity index (χ0v) is 11.4. The Morgan fingerprint density at radius 3 is 2.95 bits per heavy atom. The number of ether oxygens (including phenoxy) is 1. The van der Waals surface area contributed by atoms with Crippen LogP contribution in [0.5, 0.6) is 5.75 Å². The molecule has 1 aromatic carbocycles. The van der Waals surface area contributed by atoms with Crippen molar-refractivity contribution in [3.63, 3.8) is 0 Å². The first-order valence-electron chi connectivity index (χ1n) is 5.72. The second-order valence-electron chi connectivity index (χ2n) is 3.65. The first-order valence-corrected chi connectivity index (χ1v) is 6.60. The number of hydrazone groups is 1. The number of nitrogens with zero attached hydrogens (tertiary/aromatic N) is 2. The topological polar surface area (TPSA) is 72.5 Å². The standard InChI is InChI=1S/C12H12F2N4OS/c1-2-19-9-4-3-8(13)11(14)7(9)5-16-18-12-17-10(15)6-20-12/h3-6H,2,15H2,1H3,(H,17,18). The molecule has 2 aromatic rings. The molecule has 0 spiro atoms. The highest BCUT2D eigenvalue weighted by atomic mass is 32.1. The summed E-state index contributed by atoms with van der Waals surface area (Å²) in [6.07, 6.45) is 1.14. The summed E-state index contributed by atoms with van der Waals surface area (Å²) in [6, 6.07) is 2.36. The summed E-state index contributed by atoms with van der Waals surface area (Å²) in [4.78, 5) is 3.91. The van der Waals surface area contributed by atoms with E-state index in [9.17, 15) is 8.78 Å². The van der Waals surface area contributed by atoms with Crippen molar-refractivity contribution < 1.29 is 13.5 Å². The number of rotatable bonds is 5. The highest BCUT2D eigenvalue weighted by Gasteiger charge is 2.12. The molecule has 0 saturated carbocycles. The zero-order chi connectivity index (χ0) is 14.5. The largest absolute Gasteiger partial charge is 0.493 e. The molecule has 0 aliphatic rings. The van der Waals surface area contributed by atoms with E-state index in [-0.39, 0.29) is 11.3 Å². The van der Waals surface area contributed by atoms with Crippen molar-refractivity contribution in [1.82, 2.24) is 4.98 Å². The lowest BCUT2D eigenvalue weighted by Gasteiger charge is -2.07. The maximum atomic E-state index is 13.7. The zero-order valence-electron chi connectivity index (χ0n) is 10.6. The summed E-state index contributed by atoms with van der Waals surface area (Å²) in [5.41, 5.74) is 7.96. The van der Waals surface area contributed by atoms with E-state index in [0.29, 0.717) is 17.6 Å². The van der Waals surface area contributed by atoms with Crippen LogP contribution in [0.3, 0.4) is 0 Å². The minimum atomic E-state index is -1.01. The molecule has 0 aliphatic heterocycles. The smallest absolute Gasteiger partial charge is 0.205 e. The number of nitrogens with one attached hydrogen (secondary N) is 1. The third-order valence-corrected chi connectivity index (χ3v) is 3.03. The number of hydrogen-bond acceptors (Lipinski definition) is 6. The molecule has 0 saturated heterocycles. The van der Waals surface area contributed by atoms with Crippen molar-refractivity contribution in [2.75, 3.05) is 17.8 Å². The van der Waals surface area contributed by atoms with Gasteiger partial charge < -0.3 is 10.5 Å². The predicted octanol–water partition coefficient (Wildman–Crippen LogP) is 2.85. The normalized spacial score (nSPS) is 10.9. The molecular formula is C12H12F2N4OS. The second kappa shape index (κ2) is 6.29. The van der Waals surface area contributed by atoms with Gasteiger partial charge in [0.1, 0.15) is 11.6 Å². The molecule has 0 radical (unpaired) electrons. The van der Waals surface area contributed by atoms with Crippen LogP contribution in [0.25, 0.3) is 0 Å². The van der Waals surface area contributed by atoms with Gasteiger partial charge in [0.05, 0.1) is 18.4 Å². The van der Waals surface area contributed by atoms with Crippen molar-refractivity contribution in [2.45, 2.75) is 6.92 Å². The lowest BCUT2D eigenvalue weighted by molar-refractivity contribution is 0.335. The maximum Gasteiger partial charge on any atom is 0.205 e. The average Bonchev–Trinajstić information content (AvgIpc) is 2.83. The third-order valence-electron chi connectivity index (χ3n) is 2.27. The highest BCUT2D eigenvalue weighted by molar-refractivity contribution is 7.14. The highest BCUT2D eigenvalue weighted by Crippen LogP contribution is 2.22. The van der Waals surface area contributed by atoms with E-state index in [0.717, 1.165) is 12.3 Å². The van der Waals surface area contributed by atoms with Crippen LogP contribution >= 0.6 is 11.3 Å². The van der Waals surface area contributed by atoms with E-state index >= 15 is 0 Å². The minimum Gasteiger partial charge on any atom is -0.493 e. The second-order valence-corrected chi connectivity index (χ2v) is 4.51. The van der Waals surface area contributed by atoms with Crippen LogP contribution in [-0.2, 0) is 0 Å². The molecule has 0 bridgehead atoms. The van der Waals surface area contributed by atoms with Crippen molar-refractivity contribution in [2.24, 2.45) is 5.10 Å². The number of halogens is 2. The monoisotopic (exact) mass is 298 g/mol. The molecule has 0 fully saturated rings. The number of hydrogen-bond donors (Lipinski definition) is 2. The number of nitrogens with two attached hydrogens (primary N) is 1. The molecule has 0 unspecified atom stereocenters. The molecule has 0 amide bonds. The first-order chi connectivity index (χ1) is 9.61. The summed E-state index contributed by atoms with van der Waals surface area (Å²) in [5, 5.41) is 5.88. The summed E-state index contributed by atoms with van der Waals surface area (Å²) in [7, 11) is 0. The number of aromatic nitrogens is 1. The first kappa shape index (κ1) is 14.2. The lowest BCUT2D eigenvalue weighted by Crippen LogP contribution is -2.02. The van der Waals surface area contributed by atoms with E-state index in [1.54, 1.807) is 12.3 Å². The van der Waals surface area contributed by atoms with Gasteiger partial charge >= 0.3 is 0 Å². The molecule has 2 rings (SSSR count). The lowest BCUT2D eigenvalue weighted by atomic mass is 10.2. The van der Waals surface area contributed by atoms with E-state index < -0.39 is 11.6 Å². The Kier molecular flexibility index (Phi) is 4.46. The molecule has 20 heavy (non-hydrogen) atoms. The van der Waals surface area contributed by atoms with E-state index in [1.807, 2.05) is 0 Å². The fourth-order valence-corrected chi connectivity index (χ4v) is 1.99. The van der Waals surface area contributed by atoms with Crippen LogP contribution in [-0.4, -0.2) is 17.8 Å². The van der Waals surface area contributed by atoms with Gasteiger partial charge in [0.15, 0.2) is 11.6 Å². The Labute approximate surface area is 118 Å². The summed E-state index contributed by atoms with van der Waals surface area (Å²) in [5.74, 6) is -1.40. The van der Waals surface area contributed by atoms with Gasteiger partial charge in [-0.05, 0) is 19.1 Å². The minimum absolute atomic E-state index is 0.0659. The molecule has 8 heteroatoms. The molecule has 1 aromatic heterocycles. The number of nitrogen functional groups attached to an aromatic ring is 1. The van der Waals surface area contributed by atoms with Crippen molar-refractivity contribution in [3.05, 3.63) is 34.7 Å². The summed E-state index contributed by atoms with van der Waals surface area (Å²) >= 11 is 1.25. The fraction of sp³-hybridized carbons (Fsp3) is 0.167. The van der Waals surface area contributed by atoms with Gasteiger partial charge in [-0.15, -0.1) is 11.3 Å². The predicted molar refractivity (Wildman–Crippen MR) is 75.3 cm³/mol.